The molecule has 12 heteroatoms. The van der Waals surface area contributed by atoms with E-state index in [1.807, 2.05) is 13.8 Å². The summed E-state index contributed by atoms with van der Waals surface area (Å²) in [5.41, 5.74) is 4.58. The van der Waals surface area contributed by atoms with E-state index in [1.165, 1.54) is 13.3 Å². The van der Waals surface area contributed by atoms with Gasteiger partial charge in [0.05, 0.1) is 42.7 Å². The minimum atomic E-state index is -0.627. The smallest absolute Gasteiger partial charge is 0.338 e. The molecule has 0 bridgehead atoms. The number of carbonyl (C=O) groups excluding carboxylic acids is 2. The van der Waals surface area contributed by atoms with Gasteiger partial charge >= 0.3 is 5.97 Å². The van der Waals surface area contributed by atoms with Gasteiger partial charge in [0.2, 0.25) is 0 Å². The molecule has 0 aliphatic carbocycles. The van der Waals surface area contributed by atoms with Gasteiger partial charge in [-0.2, -0.15) is 5.10 Å². The highest BCUT2D eigenvalue weighted by atomic mass is 35.5. The van der Waals surface area contributed by atoms with Crippen LogP contribution in [0.2, 0.25) is 5.02 Å². The molecule has 1 aliphatic rings. The van der Waals surface area contributed by atoms with Gasteiger partial charge in [-0.1, -0.05) is 29.8 Å². The zero-order chi connectivity index (χ0) is 28.5. The first-order valence-electron chi connectivity index (χ1n) is 12.2. The molecule has 3 N–H and O–H groups in total. The Hall–Kier alpha value is -3.83. The zero-order valence-corrected chi connectivity index (χ0v) is 23.9. The first-order valence-corrected chi connectivity index (χ1v) is 13.0. The largest absolute Gasteiger partial charge is 0.493 e. The van der Waals surface area contributed by atoms with Crippen molar-refractivity contribution in [1.82, 2.24) is 16.1 Å². The number of allylic oxidation sites excluding steroid dienone is 1. The van der Waals surface area contributed by atoms with Gasteiger partial charge in [0.15, 0.2) is 23.2 Å². The van der Waals surface area contributed by atoms with Crippen LogP contribution in [0.3, 0.4) is 0 Å². The fourth-order valence-corrected chi connectivity index (χ4v) is 4.31. The molecule has 1 heterocycles. The average molecular weight is 575 g/mol. The van der Waals surface area contributed by atoms with Gasteiger partial charge in [-0.3, -0.25) is 4.79 Å². The number of nitrogens with one attached hydrogen (secondary N) is 3. The molecular formula is C27H31ClN4O6S. The van der Waals surface area contributed by atoms with Crippen molar-refractivity contribution in [3.63, 3.8) is 0 Å². The number of esters is 1. The van der Waals surface area contributed by atoms with Gasteiger partial charge in [-0.05, 0) is 63.7 Å². The molecule has 1 aliphatic heterocycles. The van der Waals surface area contributed by atoms with Gasteiger partial charge < -0.3 is 29.6 Å². The number of carbonyl (C=O) groups is 2. The Morgan fingerprint density at radius 1 is 1.23 bits per heavy atom. The second-order valence-electron chi connectivity index (χ2n) is 8.61. The van der Waals surface area contributed by atoms with Gasteiger partial charge in [-0.25, -0.2) is 10.2 Å². The molecule has 0 fully saturated rings. The Morgan fingerprint density at radius 3 is 2.67 bits per heavy atom. The summed E-state index contributed by atoms with van der Waals surface area (Å²) in [6.45, 7) is 7.14. The van der Waals surface area contributed by atoms with Crippen molar-refractivity contribution in [3.05, 3.63) is 63.8 Å². The Morgan fingerprint density at radius 2 is 1.97 bits per heavy atom. The van der Waals surface area contributed by atoms with E-state index in [4.69, 9.17) is 42.8 Å². The van der Waals surface area contributed by atoms with Gasteiger partial charge in [0.25, 0.3) is 5.91 Å². The number of hydrogen-bond acceptors (Lipinski definition) is 8. The summed E-state index contributed by atoms with van der Waals surface area (Å²) in [6.07, 6.45) is 1.35. The summed E-state index contributed by atoms with van der Waals surface area (Å²) in [7, 11) is 1.51. The maximum Gasteiger partial charge on any atom is 0.338 e. The molecule has 39 heavy (non-hydrogen) atoms. The van der Waals surface area contributed by atoms with Crippen LogP contribution in [0.15, 0.2) is 52.8 Å². The van der Waals surface area contributed by atoms with Crippen molar-refractivity contribution in [2.24, 2.45) is 5.10 Å². The molecule has 10 nitrogen and oxygen atoms in total. The maximum atomic E-state index is 12.7. The van der Waals surface area contributed by atoms with E-state index < -0.39 is 17.9 Å². The Labute approximate surface area is 237 Å². The fraction of sp³-hybridized carbons (Fsp3) is 0.333. The Balaban J connectivity index is 1.70. The van der Waals surface area contributed by atoms with Gasteiger partial charge in [0, 0.05) is 11.3 Å². The molecule has 0 saturated heterocycles. The molecule has 0 radical (unpaired) electrons. The lowest BCUT2D eigenvalue weighted by molar-refractivity contribution is -0.139. The van der Waals surface area contributed by atoms with Crippen LogP contribution in [-0.2, 0) is 14.3 Å². The standard InChI is InChI=1S/C27H31ClN4O6S/c1-6-36-26(34)23-16(4)30-27(39)31-24(23)18-9-7-8-10-20(18)37-14-22(33)32-29-13-17-11-19(28)25(38-15(2)3)21(12-17)35-5/h7-13,15,24H,6,14H2,1-5H3,(H,32,33)(H2,30,31,39)/t24-/m1/s1. The van der Waals surface area contributed by atoms with Crippen LogP contribution in [0.5, 0.6) is 17.2 Å². The lowest BCUT2D eigenvalue weighted by atomic mass is 9.95. The summed E-state index contributed by atoms with van der Waals surface area (Å²) < 4.78 is 22.1. The molecule has 1 amide bonds. The summed E-state index contributed by atoms with van der Waals surface area (Å²) in [5, 5.41) is 10.7. The average Bonchev–Trinajstić information content (AvgIpc) is 2.88. The van der Waals surface area contributed by atoms with Crippen LogP contribution >= 0.6 is 23.8 Å². The van der Waals surface area contributed by atoms with Crippen molar-refractivity contribution < 1.29 is 28.5 Å². The summed E-state index contributed by atoms with van der Waals surface area (Å²) >= 11 is 11.6. The number of benzene rings is 2. The fourth-order valence-electron chi connectivity index (χ4n) is 3.78. The van der Waals surface area contributed by atoms with Crippen molar-refractivity contribution in [3.8, 4) is 17.2 Å². The molecule has 1 atom stereocenters. The minimum Gasteiger partial charge on any atom is -0.493 e. The SMILES string of the molecule is CCOC(=O)C1=C(C)NC(=S)N[C@@H]1c1ccccc1OCC(=O)NN=Cc1cc(Cl)c(OC(C)C)c(OC)c1. The van der Waals surface area contributed by atoms with Crippen LogP contribution in [0.1, 0.15) is 44.9 Å². The Bertz CT molecular complexity index is 1300. The van der Waals surface area contributed by atoms with Crippen molar-refractivity contribution >= 4 is 47.0 Å². The third kappa shape index (κ3) is 7.84. The number of ether oxygens (including phenoxy) is 4. The second kappa shape index (κ2) is 13.8. The molecular weight excluding hydrogens is 544 g/mol. The number of methoxy groups -OCH3 is 1. The van der Waals surface area contributed by atoms with Crippen LogP contribution < -0.4 is 30.3 Å². The highest BCUT2D eigenvalue weighted by molar-refractivity contribution is 7.80. The quantitative estimate of drug-likeness (QED) is 0.158. The Kier molecular flexibility index (Phi) is 10.5. The lowest BCUT2D eigenvalue weighted by Crippen LogP contribution is -2.45. The molecule has 3 rings (SSSR count). The monoisotopic (exact) mass is 574 g/mol. The topological polar surface area (TPSA) is 120 Å². The predicted molar refractivity (Wildman–Crippen MR) is 152 cm³/mol. The number of thiocarbonyl (C=S) groups is 1. The minimum absolute atomic E-state index is 0.0840. The van der Waals surface area contributed by atoms with Crippen LogP contribution in [0, 0.1) is 0 Å². The molecule has 2 aromatic carbocycles. The van der Waals surface area contributed by atoms with Crippen LogP contribution in [0.4, 0.5) is 0 Å². The number of hydrazone groups is 1. The third-order valence-electron chi connectivity index (χ3n) is 5.36. The third-order valence-corrected chi connectivity index (χ3v) is 5.86. The van der Waals surface area contributed by atoms with Crippen molar-refractivity contribution in [2.45, 2.75) is 39.8 Å². The van der Waals surface area contributed by atoms with E-state index in [0.717, 1.165) is 0 Å². The summed E-state index contributed by atoms with van der Waals surface area (Å²) in [6, 6.07) is 9.76. The van der Waals surface area contributed by atoms with Crippen molar-refractivity contribution in [2.75, 3.05) is 20.3 Å². The number of hydrogen-bond donors (Lipinski definition) is 3. The number of nitrogens with zero attached hydrogens (tertiary/aromatic N) is 1. The highest BCUT2D eigenvalue weighted by Crippen LogP contribution is 2.37. The van der Waals surface area contributed by atoms with E-state index in [0.29, 0.717) is 49.8 Å². The highest BCUT2D eigenvalue weighted by Gasteiger charge is 2.32. The van der Waals surface area contributed by atoms with E-state index in [-0.39, 0.29) is 19.3 Å². The normalized spacial score (nSPS) is 15.1. The number of halogens is 1. The summed E-state index contributed by atoms with van der Waals surface area (Å²) in [4.78, 5) is 25.2. The molecule has 0 saturated carbocycles. The van der Waals surface area contributed by atoms with Crippen LogP contribution in [-0.4, -0.2) is 49.6 Å². The molecule has 0 aromatic heterocycles. The van der Waals surface area contributed by atoms with Crippen LogP contribution in [0.25, 0.3) is 0 Å². The number of rotatable bonds is 11. The zero-order valence-electron chi connectivity index (χ0n) is 22.3. The van der Waals surface area contributed by atoms with E-state index in [2.05, 4.69) is 21.2 Å². The lowest BCUT2D eigenvalue weighted by Gasteiger charge is -2.30. The van der Waals surface area contributed by atoms with Gasteiger partial charge in [-0.15, -0.1) is 0 Å². The molecule has 0 spiro atoms. The van der Waals surface area contributed by atoms with E-state index in [9.17, 15) is 9.59 Å². The second-order valence-corrected chi connectivity index (χ2v) is 9.43. The number of amides is 1. The van der Waals surface area contributed by atoms with Crippen molar-refractivity contribution in [1.29, 1.82) is 0 Å². The summed E-state index contributed by atoms with van der Waals surface area (Å²) in [5.74, 6) is 0.296. The first-order chi connectivity index (χ1) is 18.6. The molecule has 0 unspecified atom stereocenters. The predicted octanol–water partition coefficient (Wildman–Crippen LogP) is 4.02. The number of para-hydroxylation sites is 1. The van der Waals surface area contributed by atoms with E-state index >= 15 is 0 Å². The molecule has 2 aromatic rings. The van der Waals surface area contributed by atoms with E-state index in [1.54, 1.807) is 50.2 Å². The first kappa shape index (κ1) is 29.7. The maximum absolute atomic E-state index is 12.7. The molecule has 208 valence electrons. The van der Waals surface area contributed by atoms with Gasteiger partial charge in [0.1, 0.15) is 5.75 Å².